The van der Waals surface area contributed by atoms with Crippen LogP contribution in [0.5, 0.6) is 0 Å². The van der Waals surface area contributed by atoms with Gasteiger partial charge in [-0.1, -0.05) is 44.2 Å². The van der Waals surface area contributed by atoms with Gasteiger partial charge < -0.3 is 5.32 Å². The number of hydrogen-bond acceptors (Lipinski definition) is 3. The van der Waals surface area contributed by atoms with Gasteiger partial charge in [0.1, 0.15) is 12.2 Å². The van der Waals surface area contributed by atoms with E-state index in [-0.39, 0.29) is 5.38 Å². The highest BCUT2D eigenvalue weighted by atomic mass is 35.5. The molecule has 0 aliphatic carbocycles. The summed E-state index contributed by atoms with van der Waals surface area (Å²) in [7, 11) is 0. The molecule has 108 valence electrons. The van der Waals surface area contributed by atoms with Crippen molar-refractivity contribution < 1.29 is 0 Å². The van der Waals surface area contributed by atoms with Gasteiger partial charge in [0.05, 0.1) is 11.9 Å². The highest BCUT2D eigenvalue weighted by molar-refractivity contribution is 6.21. The smallest absolute Gasteiger partial charge is 0.140 e. The summed E-state index contributed by atoms with van der Waals surface area (Å²) < 4.78 is 1.95. The zero-order valence-corrected chi connectivity index (χ0v) is 12.7. The van der Waals surface area contributed by atoms with Crippen LogP contribution in [0.15, 0.2) is 36.7 Å². The minimum absolute atomic E-state index is 0.0299. The lowest BCUT2D eigenvalue weighted by molar-refractivity contribution is 0.457. The Hall–Kier alpha value is -1.39. The molecule has 5 heteroatoms. The van der Waals surface area contributed by atoms with Gasteiger partial charge in [-0.3, -0.25) is 0 Å². The molecule has 0 saturated carbocycles. The van der Waals surface area contributed by atoms with E-state index in [1.54, 1.807) is 6.33 Å². The van der Waals surface area contributed by atoms with Gasteiger partial charge in [-0.05, 0) is 11.5 Å². The number of rotatable bonds is 7. The van der Waals surface area contributed by atoms with Crippen LogP contribution in [0.25, 0.3) is 0 Å². The van der Waals surface area contributed by atoms with E-state index < -0.39 is 0 Å². The second-order valence-electron chi connectivity index (χ2n) is 5.26. The van der Waals surface area contributed by atoms with E-state index in [1.165, 1.54) is 0 Å². The molecule has 0 amide bonds. The zero-order valence-electron chi connectivity index (χ0n) is 12.0. The summed E-state index contributed by atoms with van der Waals surface area (Å²) in [5, 5.41) is 7.56. The van der Waals surface area contributed by atoms with Gasteiger partial charge in [0.2, 0.25) is 0 Å². The fourth-order valence-electron chi connectivity index (χ4n) is 2.01. The second-order valence-corrected chi connectivity index (χ2v) is 5.79. The molecular weight excluding hydrogens is 272 g/mol. The minimum atomic E-state index is -0.0299. The SMILES string of the molecule is CC(C)Cn1ncnc1CNCC(Cl)c1ccccc1. The maximum absolute atomic E-state index is 6.37. The first-order valence-corrected chi connectivity index (χ1v) is 7.37. The molecule has 0 aliphatic heterocycles. The normalized spacial score (nSPS) is 12.8. The average Bonchev–Trinajstić information content (AvgIpc) is 2.86. The average molecular weight is 293 g/mol. The summed E-state index contributed by atoms with van der Waals surface area (Å²) in [5.74, 6) is 1.51. The van der Waals surface area contributed by atoms with Crippen LogP contribution in [0, 0.1) is 5.92 Å². The summed E-state index contributed by atoms with van der Waals surface area (Å²) >= 11 is 6.37. The zero-order chi connectivity index (χ0) is 14.4. The molecular formula is C15H21ClN4. The molecule has 20 heavy (non-hydrogen) atoms. The van der Waals surface area contributed by atoms with Gasteiger partial charge in [-0.2, -0.15) is 5.10 Å². The van der Waals surface area contributed by atoms with E-state index >= 15 is 0 Å². The number of benzene rings is 1. The van der Waals surface area contributed by atoms with E-state index in [0.717, 1.165) is 17.9 Å². The molecule has 1 aromatic carbocycles. The number of nitrogens with zero attached hydrogens (tertiary/aromatic N) is 3. The molecule has 0 saturated heterocycles. The van der Waals surface area contributed by atoms with E-state index in [2.05, 4.69) is 29.2 Å². The lowest BCUT2D eigenvalue weighted by Crippen LogP contribution is -2.22. The van der Waals surface area contributed by atoms with Gasteiger partial charge in [0, 0.05) is 13.1 Å². The number of nitrogens with one attached hydrogen (secondary N) is 1. The van der Waals surface area contributed by atoms with Crippen molar-refractivity contribution in [3.05, 3.63) is 48.0 Å². The second kappa shape index (κ2) is 7.41. The standard InChI is InChI=1S/C15H21ClN4/c1-12(2)10-20-15(18-11-19-20)9-17-8-14(16)13-6-4-3-5-7-13/h3-7,11-12,14,17H,8-10H2,1-2H3. The largest absolute Gasteiger partial charge is 0.308 e. The van der Waals surface area contributed by atoms with Crippen molar-refractivity contribution in [2.24, 2.45) is 5.92 Å². The van der Waals surface area contributed by atoms with Crippen molar-refractivity contribution in [2.45, 2.75) is 32.3 Å². The van der Waals surface area contributed by atoms with Crippen molar-refractivity contribution in [2.75, 3.05) is 6.54 Å². The monoisotopic (exact) mass is 292 g/mol. The predicted octanol–water partition coefficient (Wildman–Crippen LogP) is 3.00. The summed E-state index contributed by atoms with van der Waals surface area (Å²) in [6.45, 7) is 6.62. The first-order valence-electron chi connectivity index (χ1n) is 6.93. The third-order valence-corrected chi connectivity index (χ3v) is 3.41. The lowest BCUT2D eigenvalue weighted by atomic mass is 10.1. The van der Waals surface area contributed by atoms with Crippen molar-refractivity contribution in [1.29, 1.82) is 0 Å². The fourth-order valence-corrected chi connectivity index (χ4v) is 2.27. The molecule has 2 rings (SSSR count). The van der Waals surface area contributed by atoms with E-state index in [1.807, 2.05) is 35.0 Å². The molecule has 0 fully saturated rings. The minimum Gasteiger partial charge on any atom is -0.308 e. The van der Waals surface area contributed by atoms with Crippen molar-refractivity contribution in [3.8, 4) is 0 Å². The topological polar surface area (TPSA) is 42.7 Å². The summed E-state index contributed by atoms with van der Waals surface area (Å²) in [5.41, 5.74) is 1.13. The van der Waals surface area contributed by atoms with E-state index in [0.29, 0.717) is 19.0 Å². The predicted molar refractivity (Wildman–Crippen MR) is 81.6 cm³/mol. The molecule has 4 nitrogen and oxygen atoms in total. The van der Waals surface area contributed by atoms with Crippen LogP contribution in [-0.4, -0.2) is 21.3 Å². The fraction of sp³-hybridized carbons (Fsp3) is 0.467. The van der Waals surface area contributed by atoms with Crippen LogP contribution in [0.3, 0.4) is 0 Å². The maximum Gasteiger partial charge on any atom is 0.140 e. The molecule has 0 aliphatic rings. The van der Waals surface area contributed by atoms with Crippen LogP contribution in [-0.2, 0) is 13.1 Å². The van der Waals surface area contributed by atoms with Gasteiger partial charge in [0.15, 0.2) is 0 Å². The quantitative estimate of drug-likeness (QED) is 0.798. The Labute approximate surface area is 125 Å². The van der Waals surface area contributed by atoms with Crippen LogP contribution in [0.1, 0.15) is 30.6 Å². The number of aromatic nitrogens is 3. The first-order chi connectivity index (χ1) is 9.66. The third kappa shape index (κ3) is 4.32. The molecule has 0 spiro atoms. The van der Waals surface area contributed by atoms with Gasteiger partial charge in [0.25, 0.3) is 0 Å². The van der Waals surface area contributed by atoms with E-state index in [4.69, 9.17) is 11.6 Å². The lowest BCUT2D eigenvalue weighted by Gasteiger charge is -2.12. The molecule has 0 bridgehead atoms. The van der Waals surface area contributed by atoms with Gasteiger partial charge in [-0.25, -0.2) is 9.67 Å². The molecule has 1 atom stereocenters. The Morgan fingerprint density at radius 1 is 1.25 bits per heavy atom. The maximum atomic E-state index is 6.37. The summed E-state index contributed by atoms with van der Waals surface area (Å²) in [6, 6.07) is 10.1. The van der Waals surface area contributed by atoms with Gasteiger partial charge >= 0.3 is 0 Å². The molecule has 0 radical (unpaired) electrons. The molecule has 1 N–H and O–H groups in total. The Morgan fingerprint density at radius 3 is 2.70 bits per heavy atom. The molecule has 1 unspecified atom stereocenters. The number of alkyl halides is 1. The Bertz CT molecular complexity index is 510. The van der Waals surface area contributed by atoms with Crippen LogP contribution >= 0.6 is 11.6 Å². The summed E-state index contributed by atoms with van der Waals surface area (Å²) in [4.78, 5) is 4.29. The van der Waals surface area contributed by atoms with Crippen LogP contribution < -0.4 is 5.32 Å². The van der Waals surface area contributed by atoms with Crippen LogP contribution in [0.2, 0.25) is 0 Å². The first kappa shape index (κ1) is 15.0. The molecule has 2 aromatic rings. The summed E-state index contributed by atoms with van der Waals surface area (Å²) in [6.07, 6.45) is 1.61. The highest BCUT2D eigenvalue weighted by Gasteiger charge is 2.09. The number of halogens is 1. The van der Waals surface area contributed by atoms with Gasteiger partial charge in [-0.15, -0.1) is 11.6 Å². The molecule has 1 heterocycles. The Balaban J connectivity index is 1.83. The van der Waals surface area contributed by atoms with Crippen molar-refractivity contribution in [3.63, 3.8) is 0 Å². The van der Waals surface area contributed by atoms with Crippen LogP contribution in [0.4, 0.5) is 0 Å². The van der Waals surface area contributed by atoms with Crippen molar-refractivity contribution >= 4 is 11.6 Å². The van der Waals surface area contributed by atoms with E-state index in [9.17, 15) is 0 Å². The Kier molecular flexibility index (Phi) is 5.56. The number of hydrogen-bond donors (Lipinski definition) is 1. The highest BCUT2D eigenvalue weighted by Crippen LogP contribution is 2.18. The Morgan fingerprint density at radius 2 is 2.00 bits per heavy atom. The van der Waals surface area contributed by atoms with Crippen molar-refractivity contribution in [1.82, 2.24) is 20.1 Å². The molecule has 1 aromatic heterocycles. The third-order valence-electron chi connectivity index (χ3n) is 3.00.